The molecule has 2 aromatic carbocycles. The zero-order valence-electron chi connectivity index (χ0n) is 18.6. The Morgan fingerprint density at radius 3 is 2.52 bits per heavy atom. The number of carbonyl (C=O) groups is 2. The molecule has 0 saturated heterocycles. The van der Waals surface area contributed by atoms with Crippen molar-refractivity contribution in [3.63, 3.8) is 0 Å². The van der Waals surface area contributed by atoms with Crippen molar-refractivity contribution in [2.24, 2.45) is 0 Å². The van der Waals surface area contributed by atoms with E-state index >= 15 is 0 Å². The molecule has 2 N–H and O–H groups in total. The Kier molecular flexibility index (Phi) is 7.47. The molecule has 0 atom stereocenters. The number of rotatable bonds is 9. The van der Waals surface area contributed by atoms with Crippen LogP contribution >= 0.6 is 11.3 Å². The smallest absolute Gasteiger partial charge is 0.269 e. The highest BCUT2D eigenvalue weighted by molar-refractivity contribution is 7.15. The number of benzene rings is 2. The standard InChI is InChI=1S/C25H27N5O2S/c1-2-3-4-6-9-18-12-14-20(15-13-18)24(32)28-27-22(31)16-21-17-33-25-26-23(29-30(21)25)19-10-7-5-8-11-19/h5,7-8,10-15,17H,2-4,6,9,16H2,1H3,(H,27,31)(H,28,32). The summed E-state index contributed by atoms with van der Waals surface area (Å²) in [6, 6.07) is 17.2. The van der Waals surface area contributed by atoms with E-state index < -0.39 is 0 Å². The van der Waals surface area contributed by atoms with E-state index in [2.05, 4.69) is 27.9 Å². The zero-order valence-corrected chi connectivity index (χ0v) is 19.4. The van der Waals surface area contributed by atoms with Crippen molar-refractivity contribution in [2.45, 2.75) is 45.4 Å². The quantitative estimate of drug-likeness (QED) is 0.282. The fourth-order valence-corrected chi connectivity index (χ4v) is 4.37. The van der Waals surface area contributed by atoms with Crippen LogP contribution in [-0.4, -0.2) is 26.4 Å². The minimum absolute atomic E-state index is 0.0779. The molecule has 0 fully saturated rings. The van der Waals surface area contributed by atoms with E-state index in [1.807, 2.05) is 47.8 Å². The molecule has 4 rings (SSSR count). The molecule has 0 unspecified atom stereocenters. The maximum absolute atomic E-state index is 12.4. The van der Waals surface area contributed by atoms with Crippen LogP contribution in [0.4, 0.5) is 0 Å². The van der Waals surface area contributed by atoms with E-state index in [0.717, 1.165) is 23.4 Å². The Labute approximate surface area is 196 Å². The van der Waals surface area contributed by atoms with Crippen molar-refractivity contribution < 1.29 is 9.59 Å². The largest absolute Gasteiger partial charge is 0.273 e. The van der Waals surface area contributed by atoms with Crippen LogP contribution in [0.1, 0.15) is 54.2 Å². The van der Waals surface area contributed by atoms with E-state index in [4.69, 9.17) is 0 Å². The van der Waals surface area contributed by atoms with Crippen molar-refractivity contribution in [3.05, 3.63) is 76.8 Å². The van der Waals surface area contributed by atoms with Crippen LogP contribution in [0.5, 0.6) is 0 Å². The first-order chi connectivity index (χ1) is 16.1. The summed E-state index contributed by atoms with van der Waals surface area (Å²) in [4.78, 5) is 30.0. The molecule has 0 radical (unpaired) electrons. The Bertz CT molecular complexity index is 1210. The van der Waals surface area contributed by atoms with Gasteiger partial charge < -0.3 is 0 Å². The van der Waals surface area contributed by atoms with E-state index in [0.29, 0.717) is 17.1 Å². The zero-order chi connectivity index (χ0) is 23.0. The molecule has 8 heteroatoms. The third kappa shape index (κ3) is 5.84. The molecule has 33 heavy (non-hydrogen) atoms. The van der Waals surface area contributed by atoms with Gasteiger partial charge in [-0.1, -0.05) is 68.7 Å². The van der Waals surface area contributed by atoms with E-state index in [-0.39, 0.29) is 18.2 Å². The number of fused-ring (bicyclic) bond motifs is 1. The Hall–Kier alpha value is -3.52. The second kappa shape index (κ2) is 10.9. The highest BCUT2D eigenvalue weighted by Gasteiger charge is 2.15. The monoisotopic (exact) mass is 461 g/mol. The number of unbranched alkanes of at least 4 members (excludes halogenated alkanes) is 3. The average molecular weight is 462 g/mol. The number of aromatic nitrogens is 3. The summed E-state index contributed by atoms with van der Waals surface area (Å²) in [5.41, 5.74) is 8.34. The number of carbonyl (C=O) groups excluding carboxylic acids is 2. The number of thiazole rings is 1. The summed E-state index contributed by atoms with van der Waals surface area (Å²) >= 11 is 1.42. The third-order valence-corrected chi connectivity index (χ3v) is 6.24. The SMILES string of the molecule is CCCCCCc1ccc(C(=O)NNC(=O)Cc2csc3nc(-c4ccccc4)nn23)cc1. The summed E-state index contributed by atoms with van der Waals surface area (Å²) in [6.07, 6.45) is 5.95. The third-order valence-electron chi connectivity index (χ3n) is 5.37. The topological polar surface area (TPSA) is 88.4 Å². The normalized spacial score (nSPS) is 10.9. The van der Waals surface area contributed by atoms with Crippen molar-refractivity contribution in [1.29, 1.82) is 0 Å². The first kappa shape index (κ1) is 22.7. The van der Waals surface area contributed by atoms with Gasteiger partial charge in [0.2, 0.25) is 10.9 Å². The van der Waals surface area contributed by atoms with Gasteiger partial charge in [-0.25, -0.2) is 4.52 Å². The molecular weight excluding hydrogens is 434 g/mol. The molecule has 0 aliphatic rings. The molecule has 0 aliphatic heterocycles. The predicted octanol–water partition coefficient (Wildman–Crippen LogP) is 4.58. The molecule has 0 aliphatic carbocycles. The first-order valence-corrected chi connectivity index (χ1v) is 12.1. The van der Waals surface area contributed by atoms with Crippen LogP contribution in [0.2, 0.25) is 0 Å². The number of nitrogens with zero attached hydrogens (tertiary/aromatic N) is 3. The lowest BCUT2D eigenvalue weighted by Gasteiger charge is -2.08. The maximum Gasteiger partial charge on any atom is 0.269 e. The van der Waals surface area contributed by atoms with Gasteiger partial charge >= 0.3 is 0 Å². The summed E-state index contributed by atoms with van der Waals surface area (Å²) < 4.78 is 1.67. The van der Waals surface area contributed by atoms with Gasteiger partial charge in [0, 0.05) is 16.5 Å². The fourth-order valence-electron chi connectivity index (χ4n) is 3.54. The van der Waals surface area contributed by atoms with E-state index in [9.17, 15) is 9.59 Å². The van der Waals surface area contributed by atoms with Crippen molar-refractivity contribution in [3.8, 4) is 11.4 Å². The number of amides is 2. The number of aryl methyl sites for hydroxylation is 1. The van der Waals surface area contributed by atoms with Gasteiger partial charge in [0.1, 0.15) is 0 Å². The van der Waals surface area contributed by atoms with Crippen LogP contribution in [0, 0.1) is 0 Å². The van der Waals surface area contributed by atoms with Gasteiger partial charge in [-0.2, -0.15) is 4.98 Å². The highest BCUT2D eigenvalue weighted by Crippen LogP contribution is 2.20. The number of hydrogen-bond acceptors (Lipinski definition) is 5. The predicted molar refractivity (Wildman–Crippen MR) is 130 cm³/mol. The lowest BCUT2D eigenvalue weighted by atomic mass is 10.0. The Balaban J connectivity index is 1.30. The molecule has 2 heterocycles. The Morgan fingerprint density at radius 2 is 1.76 bits per heavy atom. The second-order valence-corrected chi connectivity index (χ2v) is 8.75. The molecule has 0 spiro atoms. The first-order valence-electron chi connectivity index (χ1n) is 11.2. The lowest BCUT2D eigenvalue weighted by molar-refractivity contribution is -0.121. The Morgan fingerprint density at radius 1 is 0.970 bits per heavy atom. The number of nitrogens with one attached hydrogen (secondary N) is 2. The molecule has 7 nitrogen and oxygen atoms in total. The molecule has 170 valence electrons. The average Bonchev–Trinajstić information content (AvgIpc) is 3.43. The van der Waals surface area contributed by atoms with Crippen LogP contribution < -0.4 is 10.9 Å². The molecule has 0 bridgehead atoms. The van der Waals surface area contributed by atoms with Crippen LogP contribution in [-0.2, 0) is 17.6 Å². The van der Waals surface area contributed by atoms with Crippen LogP contribution in [0.15, 0.2) is 60.0 Å². The minimum Gasteiger partial charge on any atom is -0.273 e. The maximum atomic E-state index is 12.4. The van der Waals surface area contributed by atoms with E-state index in [1.54, 1.807) is 16.6 Å². The number of hydrogen-bond donors (Lipinski definition) is 2. The van der Waals surface area contributed by atoms with Gasteiger partial charge in [-0.15, -0.1) is 16.4 Å². The summed E-state index contributed by atoms with van der Waals surface area (Å²) in [5.74, 6) is -0.0537. The molecule has 0 saturated carbocycles. The van der Waals surface area contributed by atoms with E-state index in [1.165, 1.54) is 36.2 Å². The lowest BCUT2D eigenvalue weighted by Crippen LogP contribution is -2.42. The summed E-state index contributed by atoms with van der Waals surface area (Å²) in [7, 11) is 0. The molecule has 2 amide bonds. The van der Waals surface area contributed by atoms with Gasteiger partial charge in [0.05, 0.1) is 12.1 Å². The van der Waals surface area contributed by atoms with Crippen LogP contribution in [0.3, 0.4) is 0 Å². The summed E-state index contributed by atoms with van der Waals surface area (Å²) in [6.45, 7) is 2.20. The van der Waals surface area contributed by atoms with Gasteiger partial charge in [-0.05, 0) is 30.5 Å². The van der Waals surface area contributed by atoms with Gasteiger partial charge in [-0.3, -0.25) is 20.4 Å². The van der Waals surface area contributed by atoms with Crippen molar-refractivity contribution in [2.75, 3.05) is 0 Å². The number of hydrazine groups is 1. The van der Waals surface area contributed by atoms with Crippen molar-refractivity contribution >= 4 is 28.1 Å². The highest BCUT2D eigenvalue weighted by atomic mass is 32.1. The molecule has 2 aromatic heterocycles. The fraction of sp³-hybridized carbons (Fsp3) is 0.280. The second-order valence-electron chi connectivity index (χ2n) is 7.91. The van der Waals surface area contributed by atoms with Gasteiger partial charge in [0.15, 0.2) is 5.82 Å². The molecule has 4 aromatic rings. The van der Waals surface area contributed by atoms with Crippen LogP contribution in [0.25, 0.3) is 16.3 Å². The molecular formula is C25H27N5O2S. The van der Waals surface area contributed by atoms with Gasteiger partial charge in [0.25, 0.3) is 5.91 Å². The van der Waals surface area contributed by atoms with Crippen molar-refractivity contribution in [1.82, 2.24) is 25.4 Å². The minimum atomic E-state index is -0.344. The summed E-state index contributed by atoms with van der Waals surface area (Å²) in [5, 5.41) is 6.38.